The number of nitrogens with zero attached hydrogens (tertiary/aromatic N) is 1. The number of rotatable bonds is 4. The second-order valence-electron chi connectivity index (χ2n) is 4.41. The van der Waals surface area contributed by atoms with Crippen LogP contribution in [0.1, 0.15) is 11.1 Å². The van der Waals surface area contributed by atoms with Crippen LogP contribution in [0.5, 0.6) is 0 Å². The monoisotopic (exact) mass is 278 g/mol. The molecule has 6 heteroatoms. The Labute approximate surface area is 114 Å². The number of hydrogen-bond donors (Lipinski definition) is 1. The van der Waals surface area contributed by atoms with Gasteiger partial charge < -0.3 is 5.32 Å². The van der Waals surface area contributed by atoms with E-state index < -0.39 is 16.6 Å². The third-order valence-electron chi connectivity index (χ3n) is 2.76. The summed E-state index contributed by atoms with van der Waals surface area (Å²) in [6, 6.07) is 7.84. The van der Waals surface area contributed by atoms with Gasteiger partial charge in [-0.05, 0) is 36.2 Å². The molecular weight excluding hydrogens is 266 g/mol. The van der Waals surface area contributed by atoms with E-state index in [0.717, 1.165) is 11.6 Å². The zero-order valence-electron chi connectivity index (χ0n) is 10.7. The third kappa shape index (κ3) is 3.28. The molecule has 4 nitrogen and oxygen atoms in total. The van der Waals surface area contributed by atoms with Crippen molar-refractivity contribution in [2.75, 3.05) is 5.32 Å². The Morgan fingerprint density at radius 1 is 1.20 bits per heavy atom. The Balaban J connectivity index is 2.18. The van der Waals surface area contributed by atoms with Gasteiger partial charge >= 0.3 is 0 Å². The van der Waals surface area contributed by atoms with Gasteiger partial charge in [-0.25, -0.2) is 8.78 Å². The van der Waals surface area contributed by atoms with E-state index in [-0.39, 0.29) is 17.9 Å². The predicted molar refractivity (Wildman–Crippen MR) is 71.5 cm³/mol. The molecule has 2 rings (SSSR count). The number of hydrogen-bond acceptors (Lipinski definition) is 3. The van der Waals surface area contributed by atoms with E-state index in [9.17, 15) is 18.9 Å². The first-order valence-electron chi connectivity index (χ1n) is 5.89. The van der Waals surface area contributed by atoms with E-state index in [2.05, 4.69) is 5.32 Å². The van der Waals surface area contributed by atoms with Gasteiger partial charge in [0, 0.05) is 12.6 Å². The van der Waals surface area contributed by atoms with Crippen molar-refractivity contribution < 1.29 is 13.7 Å². The van der Waals surface area contributed by atoms with E-state index in [1.807, 2.05) is 6.92 Å². The summed E-state index contributed by atoms with van der Waals surface area (Å²) in [5, 5.41) is 13.4. The quantitative estimate of drug-likeness (QED) is 0.683. The standard InChI is InChI=1S/C14H12F2N2O2/c1-9-2-3-13(16)14(4-9)17-8-10-5-11(15)7-12(6-10)18(19)20/h2-7,17H,8H2,1H3. The summed E-state index contributed by atoms with van der Waals surface area (Å²) in [5.41, 5.74) is 1.19. The highest BCUT2D eigenvalue weighted by atomic mass is 19.1. The van der Waals surface area contributed by atoms with E-state index in [1.165, 1.54) is 18.2 Å². The summed E-state index contributed by atoms with van der Waals surface area (Å²) in [4.78, 5) is 9.97. The van der Waals surface area contributed by atoms with Gasteiger partial charge in [0.25, 0.3) is 5.69 Å². The SMILES string of the molecule is Cc1ccc(F)c(NCc2cc(F)cc([N+](=O)[O-])c2)c1. The molecule has 0 heterocycles. The Morgan fingerprint density at radius 3 is 2.65 bits per heavy atom. The highest BCUT2D eigenvalue weighted by Gasteiger charge is 2.10. The zero-order chi connectivity index (χ0) is 14.7. The number of nitro benzene ring substituents is 1. The van der Waals surface area contributed by atoms with Gasteiger partial charge in [-0.2, -0.15) is 0 Å². The molecule has 20 heavy (non-hydrogen) atoms. The van der Waals surface area contributed by atoms with Crippen LogP contribution in [-0.2, 0) is 6.54 Å². The summed E-state index contributed by atoms with van der Waals surface area (Å²) in [5.74, 6) is -1.12. The maximum absolute atomic E-state index is 13.5. The van der Waals surface area contributed by atoms with E-state index in [0.29, 0.717) is 5.56 Å². The van der Waals surface area contributed by atoms with Crippen molar-refractivity contribution in [2.24, 2.45) is 0 Å². The summed E-state index contributed by atoms with van der Waals surface area (Å²) < 4.78 is 26.8. The molecule has 0 aromatic heterocycles. The summed E-state index contributed by atoms with van der Waals surface area (Å²) >= 11 is 0. The van der Waals surface area contributed by atoms with Crippen LogP contribution >= 0.6 is 0 Å². The Hall–Kier alpha value is -2.50. The van der Waals surface area contributed by atoms with Crippen molar-refractivity contribution >= 4 is 11.4 Å². The highest BCUT2D eigenvalue weighted by molar-refractivity contribution is 5.48. The molecule has 0 aliphatic heterocycles. The average Bonchev–Trinajstić information content (AvgIpc) is 2.39. The molecule has 0 bridgehead atoms. The Kier molecular flexibility index (Phi) is 3.93. The molecule has 0 aliphatic carbocycles. The average molecular weight is 278 g/mol. The van der Waals surface area contributed by atoms with Gasteiger partial charge in [-0.3, -0.25) is 10.1 Å². The molecule has 2 aromatic rings. The van der Waals surface area contributed by atoms with E-state index >= 15 is 0 Å². The van der Waals surface area contributed by atoms with E-state index in [4.69, 9.17) is 0 Å². The minimum atomic E-state index is -0.694. The fourth-order valence-corrected chi connectivity index (χ4v) is 1.81. The lowest BCUT2D eigenvalue weighted by Crippen LogP contribution is -2.03. The number of non-ortho nitro benzene ring substituents is 1. The fraction of sp³-hybridized carbons (Fsp3) is 0.143. The fourth-order valence-electron chi connectivity index (χ4n) is 1.81. The van der Waals surface area contributed by atoms with Crippen LogP contribution in [0.2, 0.25) is 0 Å². The molecule has 0 amide bonds. The molecule has 104 valence electrons. The van der Waals surface area contributed by atoms with Crippen LogP contribution in [0.4, 0.5) is 20.2 Å². The summed E-state index contributed by atoms with van der Waals surface area (Å²) in [6.45, 7) is 1.91. The molecular formula is C14H12F2N2O2. The number of nitrogens with one attached hydrogen (secondary N) is 1. The molecule has 0 saturated carbocycles. The summed E-state index contributed by atoms with van der Waals surface area (Å²) in [6.07, 6.45) is 0. The Bertz CT molecular complexity index is 660. The van der Waals surface area contributed by atoms with E-state index in [1.54, 1.807) is 12.1 Å². The molecule has 2 aromatic carbocycles. The molecule has 0 fully saturated rings. The predicted octanol–water partition coefficient (Wildman–Crippen LogP) is 3.79. The number of aryl methyl sites for hydroxylation is 1. The van der Waals surface area contributed by atoms with Crippen molar-refractivity contribution in [3.8, 4) is 0 Å². The second-order valence-corrected chi connectivity index (χ2v) is 4.41. The van der Waals surface area contributed by atoms with Gasteiger partial charge in [0.15, 0.2) is 0 Å². The van der Waals surface area contributed by atoms with Gasteiger partial charge in [0.1, 0.15) is 11.6 Å². The number of nitro groups is 1. The van der Waals surface area contributed by atoms with Crippen LogP contribution in [0.25, 0.3) is 0 Å². The van der Waals surface area contributed by atoms with Gasteiger partial charge in [0.05, 0.1) is 16.7 Å². The minimum absolute atomic E-state index is 0.0962. The minimum Gasteiger partial charge on any atom is -0.379 e. The first-order valence-corrected chi connectivity index (χ1v) is 5.89. The van der Waals surface area contributed by atoms with Crippen LogP contribution in [-0.4, -0.2) is 4.92 Å². The molecule has 0 unspecified atom stereocenters. The van der Waals surface area contributed by atoms with Crippen molar-refractivity contribution in [1.82, 2.24) is 0 Å². The zero-order valence-corrected chi connectivity index (χ0v) is 10.7. The van der Waals surface area contributed by atoms with Crippen LogP contribution < -0.4 is 5.32 Å². The van der Waals surface area contributed by atoms with Gasteiger partial charge in [-0.15, -0.1) is 0 Å². The number of halogens is 2. The van der Waals surface area contributed by atoms with Crippen LogP contribution in [0.15, 0.2) is 36.4 Å². The third-order valence-corrected chi connectivity index (χ3v) is 2.76. The molecule has 0 aliphatic rings. The maximum atomic E-state index is 13.5. The maximum Gasteiger partial charge on any atom is 0.272 e. The number of benzene rings is 2. The van der Waals surface area contributed by atoms with Crippen LogP contribution in [0.3, 0.4) is 0 Å². The molecule has 0 atom stereocenters. The lowest BCUT2D eigenvalue weighted by atomic mass is 10.1. The van der Waals surface area contributed by atoms with Gasteiger partial charge in [-0.1, -0.05) is 6.07 Å². The lowest BCUT2D eigenvalue weighted by Gasteiger charge is -2.08. The lowest BCUT2D eigenvalue weighted by molar-refractivity contribution is -0.385. The topological polar surface area (TPSA) is 55.2 Å². The largest absolute Gasteiger partial charge is 0.379 e. The van der Waals surface area contributed by atoms with Crippen molar-refractivity contribution in [2.45, 2.75) is 13.5 Å². The highest BCUT2D eigenvalue weighted by Crippen LogP contribution is 2.19. The smallest absolute Gasteiger partial charge is 0.272 e. The first kappa shape index (κ1) is 13.9. The molecule has 0 radical (unpaired) electrons. The number of anilines is 1. The first-order chi connectivity index (χ1) is 9.45. The summed E-state index contributed by atoms with van der Waals surface area (Å²) in [7, 11) is 0. The Morgan fingerprint density at radius 2 is 1.95 bits per heavy atom. The molecule has 0 spiro atoms. The van der Waals surface area contributed by atoms with Crippen molar-refractivity contribution in [1.29, 1.82) is 0 Å². The normalized spacial score (nSPS) is 10.3. The second kappa shape index (κ2) is 5.64. The van der Waals surface area contributed by atoms with Crippen molar-refractivity contribution in [3.63, 3.8) is 0 Å². The molecule has 1 N–H and O–H groups in total. The van der Waals surface area contributed by atoms with Crippen LogP contribution in [0, 0.1) is 28.7 Å². The molecule has 0 saturated heterocycles. The van der Waals surface area contributed by atoms with Crippen molar-refractivity contribution in [3.05, 3.63) is 69.3 Å². The van der Waals surface area contributed by atoms with Gasteiger partial charge in [0.2, 0.25) is 0 Å².